The van der Waals surface area contributed by atoms with E-state index in [1.165, 1.54) is 0 Å². The Labute approximate surface area is 193 Å². The third kappa shape index (κ3) is 63.6. The average molecular weight is 552 g/mol. The van der Waals surface area contributed by atoms with Gasteiger partial charge in [-0.1, -0.05) is 0 Å². The number of carboxylic acid groups (broad SMARTS) is 10. The van der Waals surface area contributed by atoms with Gasteiger partial charge in [0.05, 0.1) is 0 Å². The summed E-state index contributed by atoms with van der Waals surface area (Å²) >= 11 is 0. The Morgan fingerprint density at radius 1 is 0.344 bits per heavy atom. The maximum Gasteiger partial charge on any atom is 0.351 e. The van der Waals surface area contributed by atoms with E-state index in [9.17, 15) is 0 Å². The molecule has 0 aromatic rings. The van der Waals surface area contributed by atoms with Crippen molar-refractivity contribution in [3.8, 4) is 0 Å². The maximum atomic E-state index is 9.04. The first kappa shape index (κ1) is 46.1. The van der Waals surface area contributed by atoms with Crippen molar-refractivity contribution in [3.63, 3.8) is 0 Å². The fourth-order valence-electron chi connectivity index (χ4n) is 0. The summed E-state index contributed by atoms with van der Waals surface area (Å²) in [7, 11) is 0. The molecule has 0 rings (SSSR count). The third-order valence-electron chi connectivity index (χ3n) is 0.873. The Balaban J connectivity index is -0.0000000481. The van der Waals surface area contributed by atoms with Gasteiger partial charge in [0.1, 0.15) is 0 Å². The first-order valence-electron chi connectivity index (χ1n) is 5.43. The van der Waals surface area contributed by atoms with Crippen molar-refractivity contribution in [3.05, 3.63) is 0 Å². The van der Waals surface area contributed by atoms with Crippen LogP contribution in [0.2, 0.25) is 0 Å². The number of hydrogen-bond acceptors (Lipinski definition) is 15. The molecule has 0 aliphatic heterocycles. The van der Waals surface area contributed by atoms with E-state index in [4.69, 9.17) is 99.0 Å². The van der Waals surface area contributed by atoms with Gasteiger partial charge in [-0.05, 0) is 0 Å². The Kier molecular flexibility index (Phi) is 38.6. The normalized spacial score (nSPS) is 6.88. The van der Waals surface area contributed by atoms with Crippen molar-refractivity contribution in [1.29, 1.82) is 0 Å². The molecule has 0 atom stereocenters. The van der Waals surface area contributed by atoms with Crippen LogP contribution in [0, 0.1) is 0 Å². The Morgan fingerprint density at radius 2 is 0.375 bits per heavy atom. The summed E-state index contributed by atoms with van der Waals surface area (Å²) in [6.07, 6.45) is 0. The van der Waals surface area contributed by atoms with Crippen LogP contribution in [0.15, 0.2) is 0 Å². The molecule has 22 heteroatoms. The summed E-state index contributed by atoms with van der Waals surface area (Å²) in [4.78, 5) is 90.1. The van der Waals surface area contributed by atoms with E-state index in [0.29, 0.717) is 0 Å². The molecule has 5 N–H and O–H groups in total. The molecular weight excluding hydrogens is 547 g/mol. The van der Waals surface area contributed by atoms with Crippen molar-refractivity contribution in [2.45, 2.75) is 0 Å². The zero-order chi connectivity index (χ0) is 25.8. The monoisotopic (exact) mass is 552 g/mol. The van der Waals surface area contributed by atoms with Gasteiger partial charge < -0.3 is 75.0 Å². The van der Waals surface area contributed by atoms with Crippen LogP contribution in [0.4, 0.5) is 0 Å². The molecule has 0 saturated carbocycles. The zero-order valence-electron chi connectivity index (χ0n) is 14.1. The number of carbonyl (C=O) groups is 10. The summed E-state index contributed by atoms with van der Waals surface area (Å²) in [6.45, 7) is 0. The second-order valence-corrected chi connectivity index (χ2v) is 2.96. The molecule has 1 radical (unpaired) electrons. The van der Waals surface area contributed by atoms with Crippen LogP contribution >= 0.6 is 0 Å². The molecule has 0 aliphatic carbocycles. The number of aliphatic carboxylic acids is 10. The van der Waals surface area contributed by atoms with Crippen molar-refractivity contribution in [1.82, 2.24) is 0 Å². The number of carbonyl (C=O) groups excluding carboxylic acids is 5. The van der Waals surface area contributed by atoms with Gasteiger partial charge in [0.15, 0.2) is 29.8 Å². The van der Waals surface area contributed by atoms with E-state index in [1.807, 2.05) is 0 Å². The SMILES string of the molecule is O=C([O-])C(=O)O.O=C([O-])C(=O)O.O=C([O-])C(=O)O.O=C([O-])C(=O)O.O=C([O-])C(=O)O.[Cr].[Mn]. The van der Waals surface area contributed by atoms with Gasteiger partial charge in [0.25, 0.3) is 0 Å². The molecule has 0 aliphatic rings. The summed E-state index contributed by atoms with van der Waals surface area (Å²) < 4.78 is 0. The number of hydrogen-bond donors (Lipinski definition) is 5. The van der Waals surface area contributed by atoms with Crippen LogP contribution in [0.1, 0.15) is 0 Å². The van der Waals surface area contributed by atoms with E-state index in [1.54, 1.807) is 0 Å². The predicted molar refractivity (Wildman–Crippen MR) is 63.2 cm³/mol. The largest absolute Gasteiger partial charge is 0.539 e. The Bertz CT molecular complexity index is 510. The molecule has 0 spiro atoms. The number of rotatable bonds is 0. The van der Waals surface area contributed by atoms with Crippen molar-refractivity contribution >= 4 is 59.7 Å². The second kappa shape index (κ2) is 26.8. The predicted octanol–water partition coefficient (Wildman–Crippen LogP) is -10.9. The van der Waals surface area contributed by atoms with Crippen LogP contribution in [0.3, 0.4) is 0 Å². The van der Waals surface area contributed by atoms with Gasteiger partial charge in [-0.3, -0.25) is 0 Å². The molecule has 183 valence electrons. The van der Waals surface area contributed by atoms with Gasteiger partial charge in [-0.2, -0.15) is 0 Å². The number of carboxylic acids is 10. The van der Waals surface area contributed by atoms with E-state index in [0.717, 1.165) is 0 Å². The zero-order valence-corrected chi connectivity index (χ0v) is 16.6. The summed E-state index contributed by atoms with van der Waals surface area (Å²) in [5.74, 6) is -20.0. The van der Waals surface area contributed by atoms with Gasteiger partial charge in [0.2, 0.25) is 0 Å². The fourth-order valence-corrected chi connectivity index (χ4v) is 0. The molecule has 32 heavy (non-hydrogen) atoms. The van der Waals surface area contributed by atoms with Crippen LogP contribution in [-0.2, 0) is 82.4 Å². The van der Waals surface area contributed by atoms with Gasteiger partial charge >= 0.3 is 29.8 Å². The molecule has 0 heterocycles. The Morgan fingerprint density at radius 3 is 0.375 bits per heavy atom. The van der Waals surface area contributed by atoms with Crippen molar-refractivity contribution in [2.75, 3.05) is 0 Å². The molecule has 0 fully saturated rings. The minimum Gasteiger partial charge on any atom is -0.539 e. The Hall–Kier alpha value is -4.25. The van der Waals surface area contributed by atoms with Crippen molar-refractivity contribution < 1.29 is 133 Å². The molecule has 0 aromatic carbocycles. The second-order valence-electron chi connectivity index (χ2n) is 2.96. The van der Waals surface area contributed by atoms with Crippen LogP contribution in [0.5, 0.6) is 0 Å². The summed E-state index contributed by atoms with van der Waals surface area (Å²) in [5, 5.41) is 81.6. The van der Waals surface area contributed by atoms with E-state index < -0.39 is 59.7 Å². The minimum atomic E-state index is -2.07. The molecular formula is C10H5CrMnO20-5. The molecule has 0 unspecified atom stereocenters. The van der Waals surface area contributed by atoms with Gasteiger partial charge in [-0.25, -0.2) is 24.0 Å². The van der Waals surface area contributed by atoms with Gasteiger partial charge in [-0.15, -0.1) is 0 Å². The average Bonchev–Trinajstić information content (AvgIpc) is 2.56. The minimum absolute atomic E-state index is 0. The van der Waals surface area contributed by atoms with E-state index >= 15 is 0 Å². The van der Waals surface area contributed by atoms with Gasteiger partial charge in [0, 0.05) is 34.4 Å². The first-order valence-corrected chi connectivity index (χ1v) is 5.43. The maximum absolute atomic E-state index is 9.04. The summed E-state index contributed by atoms with van der Waals surface area (Å²) in [5.41, 5.74) is 0. The van der Waals surface area contributed by atoms with E-state index in [-0.39, 0.29) is 34.4 Å². The first-order chi connectivity index (χ1) is 13.2. The topological polar surface area (TPSA) is 387 Å². The third-order valence-corrected chi connectivity index (χ3v) is 0.873. The van der Waals surface area contributed by atoms with Crippen LogP contribution < -0.4 is 25.5 Å². The summed E-state index contributed by atoms with van der Waals surface area (Å²) in [6, 6.07) is 0. The smallest absolute Gasteiger partial charge is 0.351 e. The fraction of sp³-hybridized carbons (Fsp3) is 0. The molecule has 0 saturated heterocycles. The van der Waals surface area contributed by atoms with Crippen molar-refractivity contribution in [2.24, 2.45) is 0 Å². The van der Waals surface area contributed by atoms with Crippen LogP contribution in [0.25, 0.3) is 0 Å². The van der Waals surface area contributed by atoms with Crippen LogP contribution in [-0.4, -0.2) is 85.2 Å². The molecule has 0 amide bonds. The quantitative estimate of drug-likeness (QED) is 0.137. The molecule has 0 aromatic heterocycles. The molecule has 0 bridgehead atoms. The standard InChI is InChI=1S/5C2H2O4.Cr.Mn/c5*3-1(4)2(5)6;;/h5*(H,3,4)(H,5,6);;/p-5. The molecule has 20 nitrogen and oxygen atoms in total. The van der Waals surface area contributed by atoms with E-state index in [2.05, 4.69) is 0 Å².